The summed E-state index contributed by atoms with van der Waals surface area (Å²) in [6.45, 7) is 16.3. The van der Waals surface area contributed by atoms with E-state index in [2.05, 4.69) is 46.1 Å². The predicted molar refractivity (Wildman–Crippen MR) is 83.7 cm³/mol. The molecular formula is C17H31NO2. The second-order valence-corrected chi connectivity index (χ2v) is 6.52. The average Bonchev–Trinajstić information content (AvgIpc) is 2.46. The van der Waals surface area contributed by atoms with Gasteiger partial charge in [0, 0.05) is 23.7 Å². The molecular weight excluding hydrogens is 250 g/mol. The van der Waals surface area contributed by atoms with Crippen molar-refractivity contribution in [2.24, 2.45) is 5.92 Å². The molecule has 1 rings (SSSR count). The highest BCUT2D eigenvalue weighted by molar-refractivity contribution is 5.81. The first-order chi connectivity index (χ1) is 9.34. The van der Waals surface area contributed by atoms with Gasteiger partial charge in [0.2, 0.25) is 0 Å². The smallest absolute Gasteiger partial charge is 0.330 e. The van der Waals surface area contributed by atoms with E-state index in [9.17, 15) is 4.79 Å². The topological polar surface area (TPSA) is 29.5 Å². The van der Waals surface area contributed by atoms with Crippen LogP contribution in [0.5, 0.6) is 0 Å². The maximum Gasteiger partial charge on any atom is 0.330 e. The lowest BCUT2D eigenvalue weighted by Gasteiger charge is -2.58. The highest BCUT2D eigenvalue weighted by Gasteiger charge is 2.47. The van der Waals surface area contributed by atoms with Crippen LogP contribution in [0.4, 0.5) is 0 Å². The van der Waals surface area contributed by atoms with E-state index in [-0.39, 0.29) is 17.0 Å². The summed E-state index contributed by atoms with van der Waals surface area (Å²) in [5, 5.41) is 0. The van der Waals surface area contributed by atoms with Crippen molar-refractivity contribution in [2.75, 3.05) is 13.2 Å². The van der Waals surface area contributed by atoms with Crippen LogP contribution in [0, 0.1) is 5.92 Å². The summed E-state index contributed by atoms with van der Waals surface area (Å²) < 4.78 is 5.21. The van der Waals surface area contributed by atoms with Gasteiger partial charge < -0.3 is 4.74 Å². The fraction of sp³-hybridized carbons (Fsp3) is 0.824. The minimum Gasteiger partial charge on any atom is -0.461 e. The fourth-order valence-corrected chi connectivity index (χ4v) is 3.58. The van der Waals surface area contributed by atoms with Gasteiger partial charge in [-0.3, -0.25) is 4.90 Å². The van der Waals surface area contributed by atoms with E-state index in [1.807, 2.05) is 0 Å². The van der Waals surface area contributed by atoms with Crippen LogP contribution in [0.2, 0.25) is 0 Å². The third-order valence-corrected chi connectivity index (χ3v) is 5.65. The van der Waals surface area contributed by atoms with Crippen LogP contribution in [0.1, 0.15) is 60.3 Å². The molecule has 3 heteroatoms. The van der Waals surface area contributed by atoms with Crippen molar-refractivity contribution < 1.29 is 9.53 Å². The SMILES string of the molecule is C=CC(=O)OCCN1C(C)(CC)CCC(C)C1(C)CC. The van der Waals surface area contributed by atoms with Crippen LogP contribution >= 0.6 is 0 Å². The Balaban J connectivity index is 2.86. The highest BCUT2D eigenvalue weighted by Crippen LogP contribution is 2.45. The number of nitrogens with zero attached hydrogens (tertiary/aromatic N) is 1. The molecule has 0 aromatic rings. The number of ether oxygens (including phenoxy) is 1. The van der Waals surface area contributed by atoms with Gasteiger partial charge in [0.1, 0.15) is 6.61 Å². The number of carbonyl (C=O) groups is 1. The summed E-state index contributed by atoms with van der Waals surface area (Å²) in [5.74, 6) is 0.341. The van der Waals surface area contributed by atoms with Gasteiger partial charge in [-0.25, -0.2) is 4.79 Å². The zero-order chi connectivity index (χ0) is 15.4. The number of carbonyl (C=O) groups excluding carboxylic acids is 1. The van der Waals surface area contributed by atoms with Crippen LogP contribution in [0.15, 0.2) is 12.7 Å². The molecule has 3 nitrogen and oxygen atoms in total. The standard InChI is InChI=1S/C17H31NO2/c1-7-15(19)20-13-12-18-16(5,8-2)11-10-14(4)17(18,6)9-3/h7,14H,1,8-13H2,2-6H3. The number of hydrogen-bond acceptors (Lipinski definition) is 3. The Morgan fingerprint density at radius 1 is 1.40 bits per heavy atom. The minimum absolute atomic E-state index is 0.184. The van der Waals surface area contributed by atoms with Crippen molar-refractivity contribution in [3.63, 3.8) is 0 Å². The Bertz CT molecular complexity index is 355. The maximum atomic E-state index is 11.2. The van der Waals surface area contributed by atoms with E-state index in [1.165, 1.54) is 18.9 Å². The van der Waals surface area contributed by atoms with E-state index in [0.29, 0.717) is 12.5 Å². The Morgan fingerprint density at radius 2 is 2.05 bits per heavy atom. The molecule has 1 aliphatic heterocycles. The first-order valence-electron chi connectivity index (χ1n) is 7.91. The van der Waals surface area contributed by atoms with Gasteiger partial charge in [-0.15, -0.1) is 0 Å². The lowest BCUT2D eigenvalue weighted by Crippen LogP contribution is -2.64. The molecule has 0 spiro atoms. The molecule has 0 aliphatic carbocycles. The van der Waals surface area contributed by atoms with Crippen LogP contribution in [0.25, 0.3) is 0 Å². The number of esters is 1. The molecule has 1 saturated heterocycles. The van der Waals surface area contributed by atoms with Gasteiger partial charge in [0.25, 0.3) is 0 Å². The molecule has 116 valence electrons. The van der Waals surface area contributed by atoms with Crippen LogP contribution in [0.3, 0.4) is 0 Å². The molecule has 0 radical (unpaired) electrons. The molecule has 20 heavy (non-hydrogen) atoms. The molecule has 3 unspecified atom stereocenters. The third kappa shape index (κ3) is 3.25. The van der Waals surface area contributed by atoms with E-state index in [0.717, 1.165) is 19.4 Å². The first kappa shape index (κ1) is 17.2. The monoisotopic (exact) mass is 281 g/mol. The second kappa shape index (κ2) is 6.75. The van der Waals surface area contributed by atoms with Gasteiger partial charge in [0.15, 0.2) is 0 Å². The normalized spacial score (nSPS) is 34.8. The Labute approximate surface area is 124 Å². The molecule has 3 atom stereocenters. The van der Waals surface area contributed by atoms with Crippen LogP contribution < -0.4 is 0 Å². The summed E-state index contributed by atoms with van der Waals surface area (Å²) in [7, 11) is 0. The van der Waals surface area contributed by atoms with Gasteiger partial charge in [-0.05, 0) is 45.4 Å². The van der Waals surface area contributed by atoms with Crippen molar-refractivity contribution in [2.45, 2.75) is 71.4 Å². The summed E-state index contributed by atoms with van der Waals surface area (Å²) in [5.41, 5.74) is 0.390. The Morgan fingerprint density at radius 3 is 2.55 bits per heavy atom. The predicted octanol–water partition coefficient (Wildman–Crippen LogP) is 3.78. The number of likely N-dealkylation sites (tertiary alicyclic amines) is 1. The number of piperidine rings is 1. The quantitative estimate of drug-likeness (QED) is 0.548. The number of rotatable bonds is 6. The van der Waals surface area contributed by atoms with E-state index < -0.39 is 0 Å². The van der Waals surface area contributed by atoms with Crippen LogP contribution in [-0.4, -0.2) is 35.1 Å². The number of hydrogen-bond donors (Lipinski definition) is 0. The molecule has 0 aromatic carbocycles. The summed E-state index contributed by atoms with van der Waals surface area (Å²) in [6.07, 6.45) is 5.98. The zero-order valence-electron chi connectivity index (χ0n) is 13.9. The van der Waals surface area contributed by atoms with Gasteiger partial charge in [-0.1, -0.05) is 27.4 Å². The molecule has 1 aliphatic rings. The minimum atomic E-state index is -0.327. The summed E-state index contributed by atoms with van der Waals surface area (Å²) >= 11 is 0. The molecule has 0 amide bonds. The molecule has 1 heterocycles. The van der Waals surface area contributed by atoms with E-state index >= 15 is 0 Å². The molecule has 0 bridgehead atoms. The van der Waals surface area contributed by atoms with Crippen molar-refractivity contribution in [3.05, 3.63) is 12.7 Å². The zero-order valence-corrected chi connectivity index (χ0v) is 13.9. The lowest BCUT2D eigenvalue weighted by molar-refractivity contribution is -0.142. The van der Waals surface area contributed by atoms with Crippen molar-refractivity contribution in [3.8, 4) is 0 Å². The van der Waals surface area contributed by atoms with Crippen molar-refractivity contribution in [1.29, 1.82) is 0 Å². The van der Waals surface area contributed by atoms with Gasteiger partial charge in [0.05, 0.1) is 0 Å². The van der Waals surface area contributed by atoms with Crippen molar-refractivity contribution >= 4 is 5.97 Å². The lowest BCUT2D eigenvalue weighted by atomic mass is 9.69. The van der Waals surface area contributed by atoms with E-state index in [1.54, 1.807) is 0 Å². The molecule has 0 saturated carbocycles. The van der Waals surface area contributed by atoms with E-state index in [4.69, 9.17) is 4.74 Å². The molecule has 0 aromatic heterocycles. The molecule has 1 fully saturated rings. The Kier molecular flexibility index (Phi) is 5.81. The first-order valence-corrected chi connectivity index (χ1v) is 7.91. The summed E-state index contributed by atoms with van der Waals surface area (Å²) in [6, 6.07) is 0. The second-order valence-electron chi connectivity index (χ2n) is 6.52. The highest BCUT2D eigenvalue weighted by atomic mass is 16.5. The largest absolute Gasteiger partial charge is 0.461 e. The fourth-order valence-electron chi connectivity index (χ4n) is 3.58. The summed E-state index contributed by atoms with van der Waals surface area (Å²) in [4.78, 5) is 13.8. The average molecular weight is 281 g/mol. The van der Waals surface area contributed by atoms with Gasteiger partial charge in [-0.2, -0.15) is 0 Å². The van der Waals surface area contributed by atoms with Crippen molar-refractivity contribution in [1.82, 2.24) is 4.90 Å². The van der Waals surface area contributed by atoms with Crippen LogP contribution in [-0.2, 0) is 9.53 Å². The Hall–Kier alpha value is -0.830. The van der Waals surface area contributed by atoms with Gasteiger partial charge >= 0.3 is 5.97 Å². The molecule has 0 N–H and O–H groups in total. The maximum absolute atomic E-state index is 11.2. The third-order valence-electron chi connectivity index (χ3n) is 5.65.